The molecule has 2 aliphatic rings. The molecule has 31 heavy (non-hydrogen) atoms. The van der Waals surface area contributed by atoms with Crippen molar-refractivity contribution in [2.45, 2.75) is 24.0 Å². The molecule has 2 heterocycles. The number of ether oxygens (including phenoxy) is 3. The van der Waals surface area contributed by atoms with Crippen molar-refractivity contribution in [2.24, 2.45) is 0 Å². The number of benzene rings is 1. The maximum Gasteiger partial charge on any atom is 0.248 e. The molecule has 0 saturated carbocycles. The predicted molar refractivity (Wildman–Crippen MR) is 107 cm³/mol. The van der Waals surface area contributed by atoms with Crippen molar-refractivity contribution in [1.82, 2.24) is 9.80 Å². The molecule has 1 aromatic rings. The summed E-state index contributed by atoms with van der Waals surface area (Å²) in [7, 11) is 1.41. The standard InChI is InChI=1S/C21H30F2N2O6/c1-29-11-19(26)25-5-4-24(12-20(27)2-6-30-7-3-20)13-21(28,14-25)15-31-18-9-16(22)8-17(23)10-18/h8-10,27-28H,2-7,11-15H2,1H3/t21-/m1/s1. The third kappa shape index (κ3) is 6.81. The number of rotatable bonds is 7. The lowest BCUT2D eigenvalue weighted by Crippen LogP contribution is -2.55. The summed E-state index contributed by atoms with van der Waals surface area (Å²) in [5.74, 6) is -1.92. The molecule has 0 radical (unpaired) electrons. The van der Waals surface area contributed by atoms with Gasteiger partial charge in [0.15, 0.2) is 0 Å². The highest BCUT2D eigenvalue weighted by atomic mass is 19.1. The van der Waals surface area contributed by atoms with Crippen LogP contribution < -0.4 is 4.74 Å². The molecule has 174 valence electrons. The van der Waals surface area contributed by atoms with E-state index in [1.54, 1.807) is 0 Å². The first kappa shape index (κ1) is 23.8. The molecule has 2 saturated heterocycles. The van der Waals surface area contributed by atoms with Crippen molar-refractivity contribution in [2.75, 3.05) is 66.3 Å². The molecule has 2 N–H and O–H groups in total. The Kier molecular flexibility index (Phi) is 7.82. The quantitative estimate of drug-likeness (QED) is 0.629. The van der Waals surface area contributed by atoms with Gasteiger partial charge in [0.05, 0.1) is 12.1 Å². The van der Waals surface area contributed by atoms with E-state index in [0.717, 1.165) is 18.2 Å². The maximum atomic E-state index is 13.5. The fourth-order valence-electron chi connectivity index (χ4n) is 4.05. The summed E-state index contributed by atoms with van der Waals surface area (Å²) in [5, 5.41) is 22.2. The van der Waals surface area contributed by atoms with E-state index in [2.05, 4.69) is 0 Å². The number of carbonyl (C=O) groups is 1. The first-order valence-corrected chi connectivity index (χ1v) is 10.3. The van der Waals surface area contributed by atoms with Crippen LogP contribution in [-0.2, 0) is 14.3 Å². The molecule has 0 bridgehead atoms. The average Bonchev–Trinajstić information content (AvgIpc) is 2.85. The topological polar surface area (TPSA) is 91.7 Å². The Morgan fingerprint density at radius 1 is 1.10 bits per heavy atom. The minimum Gasteiger partial charge on any atom is -0.490 e. The molecule has 2 fully saturated rings. The summed E-state index contributed by atoms with van der Waals surface area (Å²) < 4.78 is 42.7. The monoisotopic (exact) mass is 444 g/mol. The SMILES string of the molecule is COCC(=O)N1CCN(CC2(O)CCOCC2)C[C@](O)(COc2cc(F)cc(F)c2)C1. The van der Waals surface area contributed by atoms with Gasteiger partial charge < -0.3 is 29.3 Å². The van der Waals surface area contributed by atoms with Crippen LogP contribution in [0.5, 0.6) is 5.75 Å². The van der Waals surface area contributed by atoms with Crippen LogP contribution in [0.1, 0.15) is 12.8 Å². The van der Waals surface area contributed by atoms with E-state index in [-0.39, 0.29) is 38.0 Å². The van der Waals surface area contributed by atoms with Gasteiger partial charge in [0.2, 0.25) is 5.91 Å². The van der Waals surface area contributed by atoms with Gasteiger partial charge in [-0.2, -0.15) is 0 Å². The predicted octanol–water partition coefficient (Wildman–Crippen LogP) is 0.407. The van der Waals surface area contributed by atoms with Crippen molar-refractivity contribution in [3.63, 3.8) is 0 Å². The number of nitrogens with zero attached hydrogens (tertiary/aromatic N) is 2. The Bertz CT molecular complexity index is 741. The molecule has 1 aromatic carbocycles. The first-order chi connectivity index (χ1) is 14.7. The van der Waals surface area contributed by atoms with E-state index in [9.17, 15) is 23.8 Å². The Morgan fingerprint density at radius 3 is 2.42 bits per heavy atom. The van der Waals surface area contributed by atoms with Crippen LogP contribution in [0.25, 0.3) is 0 Å². The molecular weight excluding hydrogens is 414 g/mol. The third-order valence-corrected chi connectivity index (χ3v) is 5.59. The van der Waals surface area contributed by atoms with Crippen molar-refractivity contribution < 1.29 is 38.0 Å². The van der Waals surface area contributed by atoms with Crippen molar-refractivity contribution in [3.05, 3.63) is 29.8 Å². The number of amides is 1. The average molecular weight is 444 g/mol. The Hall–Kier alpha value is -1.85. The van der Waals surface area contributed by atoms with E-state index < -0.39 is 22.8 Å². The lowest BCUT2D eigenvalue weighted by atomic mass is 9.93. The van der Waals surface area contributed by atoms with Gasteiger partial charge in [0.1, 0.15) is 36.2 Å². The minimum atomic E-state index is -1.52. The first-order valence-electron chi connectivity index (χ1n) is 10.3. The van der Waals surface area contributed by atoms with E-state index in [4.69, 9.17) is 14.2 Å². The van der Waals surface area contributed by atoms with Crippen LogP contribution >= 0.6 is 0 Å². The lowest BCUT2D eigenvalue weighted by molar-refractivity contribution is -0.138. The van der Waals surface area contributed by atoms with Gasteiger partial charge in [-0.05, 0) is 0 Å². The molecule has 8 nitrogen and oxygen atoms in total. The highest BCUT2D eigenvalue weighted by Gasteiger charge is 2.40. The summed E-state index contributed by atoms with van der Waals surface area (Å²) in [6.07, 6.45) is 0.959. The second-order valence-electron chi connectivity index (χ2n) is 8.41. The van der Waals surface area contributed by atoms with Gasteiger partial charge in [-0.3, -0.25) is 9.69 Å². The lowest BCUT2D eigenvalue weighted by Gasteiger charge is -2.38. The Morgan fingerprint density at radius 2 is 1.77 bits per heavy atom. The molecule has 1 amide bonds. The Balaban J connectivity index is 1.74. The number of methoxy groups -OCH3 is 1. The number of β-amino-alcohol motifs (C(OH)–C–C–N with tert-alkyl or cyclic N) is 2. The van der Waals surface area contributed by atoms with Crippen molar-refractivity contribution in [1.29, 1.82) is 0 Å². The minimum absolute atomic E-state index is 0.0367. The zero-order chi connectivity index (χ0) is 22.5. The van der Waals surface area contributed by atoms with Crippen molar-refractivity contribution >= 4 is 5.91 Å². The van der Waals surface area contributed by atoms with Gasteiger partial charge in [0.25, 0.3) is 0 Å². The van der Waals surface area contributed by atoms with E-state index in [1.165, 1.54) is 12.0 Å². The highest BCUT2D eigenvalue weighted by molar-refractivity contribution is 5.77. The largest absolute Gasteiger partial charge is 0.490 e. The fraction of sp³-hybridized carbons (Fsp3) is 0.667. The number of carbonyl (C=O) groups excluding carboxylic acids is 1. The molecule has 0 unspecified atom stereocenters. The molecule has 2 aliphatic heterocycles. The molecular formula is C21H30F2N2O6. The van der Waals surface area contributed by atoms with Crippen LogP contribution in [-0.4, -0.2) is 103 Å². The van der Waals surface area contributed by atoms with Crippen LogP contribution in [0, 0.1) is 11.6 Å². The zero-order valence-corrected chi connectivity index (χ0v) is 17.7. The van der Waals surface area contributed by atoms with E-state index >= 15 is 0 Å². The summed E-state index contributed by atoms with van der Waals surface area (Å²) in [6.45, 7) is 1.66. The van der Waals surface area contributed by atoms with Gasteiger partial charge in [-0.1, -0.05) is 0 Å². The molecule has 0 spiro atoms. The van der Waals surface area contributed by atoms with Crippen LogP contribution in [0.2, 0.25) is 0 Å². The fourth-order valence-corrected chi connectivity index (χ4v) is 4.05. The second kappa shape index (κ2) is 10.2. The summed E-state index contributed by atoms with van der Waals surface area (Å²) >= 11 is 0. The van der Waals surface area contributed by atoms with Gasteiger partial charge in [-0.25, -0.2) is 8.78 Å². The molecule has 3 rings (SSSR count). The van der Waals surface area contributed by atoms with E-state index in [1.807, 2.05) is 4.90 Å². The smallest absolute Gasteiger partial charge is 0.248 e. The maximum absolute atomic E-state index is 13.5. The zero-order valence-electron chi connectivity index (χ0n) is 17.7. The van der Waals surface area contributed by atoms with Crippen molar-refractivity contribution in [3.8, 4) is 5.75 Å². The summed E-state index contributed by atoms with van der Waals surface area (Å²) in [5.41, 5.74) is -2.47. The summed E-state index contributed by atoms with van der Waals surface area (Å²) in [6, 6.07) is 2.79. The van der Waals surface area contributed by atoms with Gasteiger partial charge in [0, 0.05) is 77.5 Å². The second-order valence-corrected chi connectivity index (χ2v) is 8.41. The molecule has 0 aromatic heterocycles. The van der Waals surface area contributed by atoms with E-state index in [0.29, 0.717) is 45.7 Å². The molecule has 1 atom stereocenters. The third-order valence-electron chi connectivity index (χ3n) is 5.59. The van der Waals surface area contributed by atoms with Gasteiger partial charge in [-0.15, -0.1) is 0 Å². The number of hydrogen-bond donors (Lipinski definition) is 2. The number of aliphatic hydroxyl groups is 2. The number of halogens is 2. The summed E-state index contributed by atoms with van der Waals surface area (Å²) in [4.78, 5) is 15.8. The Labute approximate surface area is 180 Å². The van der Waals surface area contributed by atoms with Crippen LogP contribution in [0.4, 0.5) is 8.78 Å². The van der Waals surface area contributed by atoms with Crippen LogP contribution in [0.15, 0.2) is 18.2 Å². The highest BCUT2D eigenvalue weighted by Crippen LogP contribution is 2.25. The normalized spacial score (nSPS) is 24.6. The van der Waals surface area contributed by atoms with Crippen LogP contribution in [0.3, 0.4) is 0 Å². The molecule has 0 aliphatic carbocycles. The number of hydrogen-bond acceptors (Lipinski definition) is 7. The molecule has 10 heteroatoms. The van der Waals surface area contributed by atoms with Gasteiger partial charge >= 0.3 is 0 Å².